The van der Waals surface area contributed by atoms with Gasteiger partial charge in [-0.05, 0) is 67.6 Å². The number of rotatable bonds is 3. The second kappa shape index (κ2) is 7.73. The van der Waals surface area contributed by atoms with Gasteiger partial charge < -0.3 is 4.42 Å². The van der Waals surface area contributed by atoms with Crippen LogP contribution in [0.1, 0.15) is 40.6 Å². The van der Waals surface area contributed by atoms with Crippen LogP contribution in [-0.4, -0.2) is 17.9 Å². The minimum atomic E-state index is -1.01. The Balaban J connectivity index is 1.42. The molecule has 0 unspecified atom stereocenters. The van der Waals surface area contributed by atoms with E-state index < -0.39 is 24.0 Å². The van der Waals surface area contributed by atoms with Crippen molar-refractivity contribution in [2.75, 3.05) is 9.96 Å². The average Bonchev–Trinajstić information content (AvgIpc) is 3.58. The average molecular weight is 480 g/mol. The smallest absolute Gasteiger partial charge is 0.267 e. The van der Waals surface area contributed by atoms with Crippen molar-refractivity contribution in [2.45, 2.75) is 37.8 Å². The summed E-state index contributed by atoms with van der Waals surface area (Å²) in [6.07, 6.45) is 4.24. The summed E-state index contributed by atoms with van der Waals surface area (Å²) >= 11 is 7.42. The van der Waals surface area contributed by atoms with E-state index in [1.165, 1.54) is 22.5 Å². The Morgan fingerprint density at radius 2 is 1.88 bits per heavy atom. The van der Waals surface area contributed by atoms with Crippen LogP contribution in [0.15, 0.2) is 47.1 Å². The van der Waals surface area contributed by atoms with Gasteiger partial charge in [0.25, 0.3) is 5.91 Å². The first kappa shape index (κ1) is 20.5. The summed E-state index contributed by atoms with van der Waals surface area (Å²) in [5.74, 6) is -1.11. The van der Waals surface area contributed by atoms with E-state index >= 15 is 0 Å². The molecule has 2 amide bonds. The molecule has 6 rings (SSSR count). The second-order valence-electron chi connectivity index (χ2n) is 8.33. The highest BCUT2D eigenvalue weighted by Gasteiger charge is 2.61. The molecule has 3 aliphatic rings. The zero-order valence-corrected chi connectivity index (χ0v) is 18.9. The van der Waals surface area contributed by atoms with Gasteiger partial charge in [-0.15, -0.1) is 11.3 Å². The van der Waals surface area contributed by atoms with Crippen molar-refractivity contribution in [1.82, 2.24) is 0 Å². The highest BCUT2D eigenvalue weighted by molar-refractivity contribution is 7.17. The summed E-state index contributed by atoms with van der Waals surface area (Å²) in [7, 11) is 0. The quantitative estimate of drug-likeness (QED) is 0.502. The van der Waals surface area contributed by atoms with Crippen LogP contribution in [0.3, 0.4) is 0 Å². The molecule has 0 bridgehead atoms. The van der Waals surface area contributed by atoms with E-state index in [1.807, 2.05) is 0 Å². The van der Waals surface area contributed by atoms with Crippen molar-refractivity contribution < 1.29 is 18.8 Å². The summed E-state index contributed by atoms with van der Waals surface area (Å²) in [6.45, 7) is 0. The first-order valence-electron chi connectivity index (χ1n) is 10.8. The Morgan fingerprint density at radius 3 is 2.61 bits per heavy atom. The zero-order valence-electron chi connectivity index (χ0n) is 17.4. The second-order valence-corrected chi connectivity index (χ2v) is 9.85. The number of amides is 2. The number of hydrogen-bond donors (Lipinski definition) is 0. The van der Waals surface area contributed by atoms with Crippen LogP contribution in [0.4, 0.5) is 10.7 Å². The number of thiophene rings is 1. The maximum absolute atomic E-state index is 13.7. The van der Waals surface area contributed by atoms with Crippen LogP contribution in [0.25, 0.3) is 0 Å². The minimum absolute atomic E-state index is 0.377. The van der Waals surface area contributed by atoms with Crippen molar-refractivity contribution in [1.29, 1.82) is 5.26 Å². The fourth-order valence-corrected chi connectivity index (χ4v) is 6.47. The molecule has 9 heteroatoms. The Morgan fingerprint density at radius 1 is 1.09 bits per heavy atom. The molecule has 7 nitrogen and oxygen atoms in total. The van der Waals surface area contributed by atoms with E-state index in [0.29, 0.717) is 27.0 Å². The maximum atomic E-state index is 13.7. The molecule has 2 aromatic heterocycles. The number of carbonyl (C=O) groups is 2. The lowest BCUT2D eigenvalue weighted by Crippen LogP contribution is -2.37. The lowest BCUT2D eigenvalue weighted by molar-refractivity contribution is -0.126. The number of nitrogens with zero attached hydrogens (tertiary/aromatic N) is 3. The Kier molecular flexibility index (Phi) is 4.80. The maximum Gasteiger partial charge on any atom is 0.267 e. The predicted molar refractivity (Wildman–Crippen MR) is 122 cm³/mol. The first-order chi connectivity index (χ1) is 16.1. The number of aryl methyl sites for hydroxylation is 1. The molecular formula is C24H18ClN3O4S. The van der Waals surface area contributed by atoms with E-state index in [-0.39, 0.29) is 5.91 Å². The van der Waals surface area contributed by atoms with Gasteiger partial charge in [-0.3, -0.25) is 14.4 Å². The largest absolute Gasteiger partial charge is 0.467 e. The number of imide groups is 1. The number of benzene rings is 1. The molecule has 3 atom stereocenters. The van der Waals surface area contributed by atoms with Crippen molar-refractivity contribution in [2.24, 2.45) is 5.92 Å². The summed E-state index contributed by atoms with van der Waals surface area (Å²) in [5.41, 5.74) is 2.08. The van der Waals surface area contributed by atoms with E-state index in [2.05, 4.69) is 6.07 Å². The lowest BCUT2D eigenvalue weighted by atomic mass is 9.94. The molecule has 4 heterocycles. The highest BCUT2D eigenvalue weighted by Crippen LogP contribution is 2.50. The molecule has 0 radical (unpaired) electrons. The van der Waals surface area contributed by atoms with Crippen LogP contribution in [0, 0.1) is 17.2 Å². The molecule has 166 valence electrons. The monoisotopic (exact) mass is 479 g/mol. The van der Waals surface area contributed by atoms with Crippen LogP contribution in [-0.2, 0) is 27.3 Å². The third kappa shape index (κ3) is 3.04. The van der Waals surface area contributed by atoms with Gasteiger partial charge in [0.05, 0.1) is 17.5 Å². The van der Waals surface area contributed by atoms with Crippen molar-refractivity contribution in [3.8, 4) is 6.07 Å². The van der Waals surface area contributed by atoms with Gasteiger partial charge in [0.1, 0.15) is 28.8 Å². The molecule has 2 fully saturated rings. The molecule has 2 aliphatic heterocycles. The summed E-state index contributed by atoms with van der Waals surface area (Å²) in [6, 6.07) is 12.1. The Bertz CT molecular complexity index is 1290. The van der Waals surface area contributed by atoms with E-state index in [0.717, 1.165) is 36.1 Å². The van der Waals surface area contributed by atoms with Crippen LogP contribution in [0.2, 0.25) is 5.02 Å². The van der Waals surface area contributed by atoms with Crippen LogP contribution in [0.5, 0.6) is 0 Å². The van der Waals surface area contributed by atoms with Gasteiger partial charge in [-0.2, -0.15) is 5.26 Å². The van der Waals surface area contributed by atoms with Crippen molar-refractivity contribution in [3.63, 3.8) is 0 Å². The molecule has 0 N–H and O–H groups in total. The molecule has 3 aromatic rings. The first-order valence-corrected chi connectivity index (χ1v) is 12.0. The Labute approximate surface area is 198 Å². The molecule has 1 aliphatic carbocycles. The van der Waals surface area contributed by atoms with Gasteiger partial charge in [-0.1, -0.05) is 11.6 Å². The third-order valence-corrected chi connectivity index (χ3v) is 8.03. The number of fused-ring (bicyclic) bond motifs is 2. The Hall–Kier alpha value is -3.12. The number of halogens is 1. The molecular weight excluding hydrogens is 462 g/mol. The number of anilines is 2. The van der Waals surface area contributed by atoms with Gasteiger partial charge >= 0.3 is 0 Å². The van der Waals surface area contributed by atoms with Crippen molar-refractivity contribution >= 4 is 45.4 Å². The number of hydrogen-bond acceptors (Lipinski definition) is 7. The fraction of sp³-hybridized carbons (Fsp3) is 0.292. The van der Waals surface area contributed by atoms with Gasteiger partial charge in [-0.25, -0.2) is 9.96 Å². The number of furan rings is 1. The van der Waals surface area contributed by atoms with Crippen LogP contribution < -0.4 is 9.96 Å². The summed E-state index contributed by atoms with van der Waals surface area (Å²) in [5, 5.41) is 12.4. The molecule has 1 aromatic carbocycles. The summed E-state index contributed by atoms with van der Waals surface area (Å²) in [4.78, 5) is 35.6. The lowest BCUT2D eigenvalue weighted by Gasteiger charge is -2.27. The van der Waals surface area contributed by atoms with E-state index in [9.17, 15) is 14.9 Å². The molecule has 2 saturated heterocycles. The van der Waals surface area contributed by atoms with Gasteiger partial charge in [0, 0.05) is 9.90 Å². The van der Waals surface area contributed by atoms with Gasteiger partial charge in [0.2, 0.25) is 5.91 Å². The summed E-state index contributed by atoms with van der Waals surface area (Å²) < 4.78 is 5.66. The van der Waals surface area contributed by atoms with Gasteiger partial charge in [0.15, 0.2) is 6.10 Å². The zero-order chi connectivity index (χ0) is 22.7. The number of nitriles is 1. The molecule has 33 heavy (non-hydrogen) atoms. The predicted octanol–water partition coefficient (Wildman–Crippen LogP) is 4.80. The third-order valence-electron chi connectivity index (χ3n) is 6.50. The van der Waals surface area contributed by atoms with E-state index in [4.69, 9.17) is 20.9 Å². The fourth-order valence-electron chi connectivity index (χ4n) is 5.00. The molecule has 0 saturated carbocycles. The topological polar surface area (TPSA) is 86.8 Å². The molecule has 0 spiro atoms. The number of carbonyl (C=O) groups excluding carboxylic acids is 2. The van der Waals surface area contributed by atoms with E-state index in [1.54, 1.807) is 41.5 Å². The van der Waals surface area contributed by atoms with Crippen molar-refractivity contribution in [3.05, 3.63) is 69.4 Å². The number of hydroxylamine groups is 1. The normalized spacial score (nSPS) is 24.2. The highest BCUT2D eigenvalue weighted by atomic mass is 35.5. The standard InChI is InChI=1S/C24H18ClN3O4S/c25-13-7-9-14(10-8-13)28-20(17-5-3-11-31-17)19-21(32-28)23(30)27(22(19)29)24-16(12-26)15-4-1-2-6-18(15)33-24/h3,5,7-11,19-21H,1-2,4,6H2/t19-,20+,21-/m0/s1. The minimum Gasteiger partial charge on any atom is -0.467 e. The van der Waals surface area contributed by atoms with Crippen LogP contribution >= 0.6 is 22.9 Å². The SMILES string of the molecule is N#Cc1c(N2C(=O)[C@@H]3[C@H](ON(c4ccc(Cl)cc4)[C@@H]3c3ccco3)C2=O)sc2c1CCCC2.